The highest BCUT2D eigenvalue weighted by Crippen LogP contribution is 2.35. The van der Waals surface area contributed by atoms with Gasteiger partial charge in [0.2, 0.25) is 0 Å². The summed E-state index contributed by atoms with van der Waals surface area (Å²) >= 11 is 0. The van der Waals surface area contributed by atoms with Crippen molar-refractivity contribution in [2.75, 3.05) is 6.61 Å². The van der Waals surface area contributed by atoms with Crippen LogP contribution in [0, 0.1) is 11.8 Å². The summed E-state index contributed by atoms with van der Waals surface area (Å²) < 4.78 is 5.20. The van der Waals surface area contributed by atoms with Gasteiger partial charge in [-0.1, -0.05) is 40.4 Å². The van der Waals surface area contributed by atoms with E-state index in [1.54, 1.807) is 0 Å². The van der Waals surface area contributed by atoms with Crippen molar-refractivity contribution in [3.63, 3.8) is 0 Å². The van der Waals surface area contributed by atoms with Gasteiger partial charge >= 0.3 is 5.97 Å². The van der Waals surface area contributed by atoms with Crippen LogP contribution < -0.4 is 0 Å². The first kappa shape index (κ1) is 14.7. The Morgan fingerprint density at radius 3 is 1.93 bits per heavy atom. The molecule has 90 valence electrons. The van der Waals surface area contributed by atoms with Crippen LogP contribution in [-0.4, -0.2) is 20.7 Å². The topological polar surface area (TPSA) is 26.3 Å². The van der Waals surface area contributed by atoms with Crippen LogP contribution in [0.3, 0.4) is 0 Å². The number of hydrogen-bond donors (Lipinski definition) is 0. The average Bonchev–Trinajstić information content (AvgIpc) is 2.01. The number of hydrogen-bond acceptors (Lipinski definition) is 2. The first-order valence-electron chi connectivity index (χ1n) is 5.88. The molecule has 0 radical (unpaired) electrons. The number of carbonyl (C=O) groups excluding carboxylic acids is 1. The molecule has 0 aliphatic rings. The Morgan fingerprint density at radius 2 is 1.67 bits per heavy atom. The van der Waals surface area contributed by atoms with Crippen molar-refractivity contribution in [3.05, 3.63) is 0 Å². The van der Waals surface area contributed by atoms with E-state index < -0.39 is 8.07 Å². The molecule has 0 heterocycles. The van der Waals surface area contributed by atoms with Crippen LogP contribution in [0.2, 0.25) is 25.2 Å². The zero-order valence-electron chi connectivity index (χ0n) is 11.3. The lowest BCUT2D eigenvalue weighted by Crippen LogP contribution is -2.40. The Balaban J connectivity index is 4.82. The van der Waals surface area contributed by atoms with Gasteiger partial charge in [-0.3, -0.25) is 4.79 Å². The maximum Gasteiger partial charge on any atom is 0.306 e. The molecular weight excluding hydrogens is 204 g/mol. The number of carbonyl (C=O) groups is 1. The van der Waals surface area contributed by atoms with E-state index in [0.717, 1.165) is 0 Å². The molecule has 0 aromatic heterocycles. The predicted octanol–water partition coefficient (Wildman–Crippen LogP) is 3.55. The van der Waals surface area contributed by atoms with Crippen LogP contribution in [0.4, 0.5) is 0 Å². The maximum absolute atomic E-state index is 11.9. The van der Waals surface area contributed by atoms with Gasteiger partial charge in [0, 0.05) is 0 Å². The minimum Gasteiger partial charge on any atom is -0.466 e. The summed E-state index contributed by atoms with van der Waals surface area (Å²) in [5.74, 6) is 0.958. The Bertz CT molecular complexity index is 206. The van der Waals surface area contributed by atoms with Crippen molar-refractivity contribution in [2.45, 2.75) is 52.9 Å². The predicted molar refractivity (Wildman–Crippen MR) is 67.7 cm³/mol. The van der Waals surface area contributed by atoms with Gasteiger partial charge < -0.3 is 4.74 Å². The fourth-order valence-electron chi connectivity index (χ4n) is 1.97. The molecule has 2 atom stereocenters. The molecule has 0 aromatic carbocycles. The Kier molecular flexibility index (Phi) is 5.57. The van der Waals surface area contributed by atoms with Crippen molar-refractivity contribution in [2.24, 2.45) is 11.8 Å². The maximum atomic E-state index is 11.9. The average molecular weight is 230 g/mol. The summed E-state index contributed by atoms with van der Waals surface area (Å²) in [5.41, 5.74) is 0.123. The number of rotatable bonds is 5. The SMILES string of the molecule is CCOC(=O)[C@H]([C@@H](C)C(C)C)[Si](C)(C)C. The normalized spacial score (nSPS) is 16.3. The lowest BCUT2D eigenvalue weighted by molar-refractivity contribution is -0.144. The highest BCUT2D eigenvalue weighted by Gasteiger charge is 2.39. The van der Waals surface area contributed by atoms with Crippen LogP contribution in [0.15, 0.2) is 0 Å². The van der Waals surface area contributed by atoms with Crippen molar-refractivity contribution in [1.29, 1.82) is 0 Å². The third-order valence-electron chi connectivity index (χ3n) is 3.05. The molecule has 15 heavy (non-hydrogen) atoms. The molecule has 0 rings (SSSR count). The van der Waals surface area contributed by atoms with E-state index in [9.17, 15) is 4.79 Å². The number of ether oxygens (including phenoxy) is 1. The summed E-state index contributed by atoms with van der Waals surface area (Å²) in [5, 5.41) is 0. The second-order valence-corrected chi connectivity index (χ2v) is 11.1. The molecule has 0 unspecified atom stereocenters. The molecule has 0 saturated carbocycles. The van der Waals surface area contributed by atoms with E-state index in [1.807, 2.05) is 6.92 Å². The van der Waals surface area contributed by atoms with Crippen molar-refractivity contribution >= 4 is 14.0 Å². The summed E-state index contributed by atoms with van der Waals surface area (Å²) in [6, 6.07) is 0. The molecule has 2 nitrogen and oxygen atoms in total. The smallest absolute Gasteiger partial charge is 0.306 e. The second kappa shape index (κ2) is 5.68. The van der Waals surface area contributed by atoms with E-state index >= 15 is 0 Å². The van der Waals surface area contributed by atoms with Gasteiger partial charge in [-0.05, 0) is 18.8 Å². The first-order valence-corrected chi connectivity index (χ1v) is 9.46. The minimum atomic E-state index is -1.49. The summed E-state index contributed by atoms with van der Waals surface area (Å²) in [4.78, 5) is 11.9. The molecular formula is C12H26O2Si. The van der Waals surface area contributed by atoms with E-state index in [2.05, 4.69) is 40.4 Å². The highest BCUT2D eigenvalue weighted by atomic mass is 28.3. The molecule has 0 amide bonds. The van der Waals surface area contributed by atoms with E-state index in [1.165, 1.54) is 0 Å². The summed E-state index contributed by atoms with van der Waals surface area (Å²) in [7, 11) is -1.49. The molecule has 0 saturated heterocycles. The fourth-order valence-corrected chi connectivity index (χ4v) is 4.73. The Labute approximate surface area is 95.4 Å². The first-order chi connectivity index (χ1) is 6.71. The van der Waals surface area contributed by atoms with Crippen molar-refractivity contribution in [1.82, 2.24) is 0 Å². The quantitative estimate of drug-likeness (QED) is 0.533. The second-order valence-electron chi connectivity index (χ2n) is 5.70. The van der Waals surface area contributed by atoms with Crippen LogP contribution in [0.1, 0.15) is 27.7 Å². The van der Waals surface area contributed by atoms with Gasteiger partial charge in [-0.2, -0.15) is 0 Å². The zero-order valence-corrected chi connectivity index (χ0v) is 12.3. The van der Waals surface area contributed by atoms with Gasteiger partial charge in [0.1, 0.15) is 0 Å². The van der Waals surface area contributed by atoms with E-state index in [0.29, 0.717) is 18.4 Å². The van der Waals surface area contributed by atoms with Crippen LogP contribution in [-0.2, 0) is 9.53 Å². The zero-order chi connectivity index (χ0) is 12.2. The molecule has 3 heteroatoms. The van der Waals surface area contributed by atoms with Crippen molar-refractivity contribution in [3.8, 4) is 0 Å². The summed E-state index contributed by atoms with van der Waals surface area (Å²) in [6.07, 6.45) is 0. The Hall–Kier alpha value is -0.313. The van der Waals surface area contributed by atoms with E-state index in [4.69, 9.17) is 4.74 Å². The van der Waals surface area contributed by atoms with Gasteiger partial charge in [0.05, 0.1) is 20.2 Å². The molecule has 0 bridgehead atoms. The molecule has 0 aliphatic carbocycles. The molecule has 0 aliphatic heterocycles. The van der Waals surface area contributed by atoms with Gasteiger partial charge in [-0.25, -0.2) is 0 Å². The standard InChI is InChI=1S/C12H26O2Si/c1-8-14-12(13)11(15(5,6)7)10(4)9(2)3/h9-11H,8H2,1-7H3/t10-,11-/m0/s1. The van der Waals surface area contributed by atoms with Gasteiger partial charge in [0.25, 0.3) is 0 Å². The summed E-state index contributed by atoms with van der Waals surface area (Å²) in [6.45, 7) is 15.6. The monoisotopic (exact) mass is 230 g/mol. The Morgan fingerprint density at radius 1 is 1.20 bits per heavy atom. The lowest BCUT2D eigenvalue weighted by Gasteiger charge is -2.34. The largest absolute Gasteiger partial charge is 0.466 e. The third-order valence-corrected chi connectivity index (χ3v) is 5.68. The van der Waals surface area contributed by atoms with Crippen LogP contribution >= 0.6 is 0 Å². The minimum absolute atomic E-state index is 0.0119. The molecule has 0 aromatic rings. The fraction of sp³-hybridized carbons (Fsp3) is 0.917. The van der Waals surface area contributed by atoms with Crippen molar-refractivity contribution < 1.29 is 9.53 Å². The molecule has 0 fully saturated rings. The number of esters is 1. The van der Waals surface area contributed by atoms with Gasteiger partial charge in [-0.15, -0.1) is 0 Å². The molecule has 0 spiro atoms. The van der Waals surface area contributed by atoms with Crippen LogP contribution in [0.25, 0.3) is 0 Å². The molecule has 0 N–H and O–H groups in total. The van der Waals surface area contributed by atoms with Crippen LogP contribution in [0.5, 0.6) is 0 Å². The van der Waals surface area contributed by atoms with E-state index in [-0.39, 0.29) is 11.5 Å². The van der Waals surface area contributed by atoms with Gasteiger partial charge in [0.15, 0.2) is 0 Å². The third kappa shape index (κ3) is 4.37. The lowest BCUT2D eigenvalue weighted by atomic mass is 9.94. The highest BCUT2D eigenvalue weighted by molar-refractivity contribution is 6.80.